The predicted octanol–water partition coefficient (Wildman–Crippen LogP) is -6.84. The van der Waals surface area contributed by atoms with Gasteiger partial charge in [-0.25, -0.2) is 4.79 Å². The molecule has 36 heteroatoms. The molecule has 0 unspecified atom stereocenters. The molecule has 4 heterocycles. The van der Waals surface area contributed by atoms with Gasteiger partial charge in [0.2, 0.25) is 29.5 Å². The van der Waals surface area contributed by atoms with E-state index in [9.17, 15) is 104 Å². The molecule has 4 aliphatic rings. The molecular formula is C59H101N7O29. The normalized spacial score (nSPS) is 27.6. The van der Waals surface area contributed by atoms with Gasteiger partial charge in [0, 0.05) is 51.9 Å². The zero-order valence-corrected chi connectivity index (χ0v) is 53.4. The number of aliphatic hydroxyl groups is 12. The fourth-order valence-electron chi connectivity index (χ4n) is 10.8. The van der Waals surface area contributed by atoms with Crippen LogP contribution in [0.2, 0.25) is 0 Å². The Labute approximate surface area is 549 Å². The number of imide groups is 1. The lowest BCUT2D eigenvalue weighted by molar-refractivity contribution is -0.300. The number of ether oxygens (including phenoxy) is 6. The van der Waals surface area contributed by atoms with Crippen LogP contribution in [0.3, 0.4) is 0 Å². The third-order valence-electron chi connectivity index (χ3n) is 16.3. The number of amides is 7. The van der Waals surface area contributed by atoms with E-state index in [1.54, 1.807) is 0 Å². The summed E-state index contributed by atoms with van der Waals surface area (Å²) in [6, 6.07) is -2.70. The third kappa shape index (κ3) is 28.6. The maximum atomic E-state index is 14.4. The van der Waals surface area contributed by atoms with Crippen LogP contribution in [0.5, 0.6) is 0 Å². The van der Waals surface area contributed by atoms with Crippen molar-refractivity contribution < 1.29 is 143 Å². The molecule has 0 bridgehead atoms. The van der Waals surface area contributed by atoms with Crippen molar-refractivity contribution in [2.45, 2.75) is 239 Å². The van der Waals surface area contributed by atoms with Crippen molar-refractivity contribution in [2.24, 2.45) is 0 Å². The monoisotopic (exact) mass is 1370 g/mol. The molecule has 95 heavy (non-hydrogen) atoms. The Morgan fingerprint density at radius 2 is 0.842 bits per heavy atom. The van der Waals surface area contributed by atoms with Crippen molar-refractivity contribution in [1.29, 1.82) is 0 Å². The summed E-state index contributed by atoms with van der Waals surface area (Å²) >= 11 is 0. The van der Waals surface area contributed by atoms with Gasteiger partial charge in [0.1, 0.15) is 79.3 Å². The van der Waals surface area contributed by atoms with E-state index >= 15 is 0 Å². The summed E-state index contributed by atoms with van der Waals surface area (Å²) in [5.41, 5.74) is 0. The fourth-order valence-corrected chi connectivity index (χ4v) is 10.8. The first-order chi connectivity index (χ1) is 45.4. The van der Waals surface area contributed by atoms with Crippen molar-refractivity contribution in [3.05, 3.63) is 0 Å². The highest BCUT2D eigenvalue weighted by Gasteiger charge is 2.47. The van der Waals surface area contributed by atoms with Crippen LogP contribution in [0.25, 0.3) is 0 Å². The number of hydrogen-bond donors (Lipinski definition) is 18. The molecule has 0 aromatic heterocycles. The topological polar surface area (TPSA) is 548 Å². The predicted molar refractivity (Wildman–Crippen MR) is 321 cm³/mol. The molecule has 4 rings (SSSR count). The van der Waals surface area contributed by atoms with Crippen molar-refractivity contribution in [3.63, 3.8) is 0 Å². The third-order valence-corrected chi connectivity index (χ3v) is 16.3. The number of unbranched alkanes of at least 4 members (excludes halogenated alkanes) is 12. The van der Waals surface area contributed by atoms with Gasteiger partial charge in [0.05, 0.1) is 65.2 Å². The largest absolute Gasteiger partial charge is 0.481 e. The number of aliphatic hydroxyl groups excluding tert-OH is 12. The van der Waals surface area contributed by atoms with Crippen LogP contribution in [-0.2, 0) is 76.4 Å². The maximum absolute atomic E-state index is 14.4. The van der Waals surface area contributed by atoms with Crippen molar-refractivity contribution in [3.8, 4) is 0 Å². The van der Waals surface area contributed by atoms with E-state index < -0.39 is 203 Å². The average Bonchev–Trinajstić information content (AvgIpc) is 1.85. The van der Waals surface area contributed by atoms with Gasteiger partial charge < -0.3 is 126 Å². The lowest BCUT2D eigenvalue weighted by Crippen LogP contribution is -2.59. The first-order valence-electron chi connectivity index (χ1n) is 32.6. The molecule has 0 spiro atoms. The standard InChI is InChI=1S/C59H101N7O29/c67-31-36-46(78)49(81)52(84)57(92-36)89-26-23-60-40(71)29-65(30-41(72)61-24-27-90-58-53(85)50(82)47(79)37(32-68)93-58)35(56(88)63-25-28-91-59-54(86)51(83)48(80)38(33-69)94-59)15-13-14-22-62-55(87)34(18-21-45(77)95-66-42(73)19-20-43(66)74)64-39(70)16-11-9-7-5-3-1-2-4-6-8-10-12-17-44(75)76/h34-38,46-54,57-59,67-69,78-86H,1-33H2,(H,60,71)(H,61,72)(H,62,87)(H,63,88)(H,64,70)(H,75,76)/t34-,35-,36+,37+,38+,46+,47+,48+,49-,50-,51-,52-,53-,54-,57-,58-,59-/m0/s1. The van der Waals surface area contributed by atoms with Crippen LogP contribution in [0.4, 0.5) is 0 Å². The number of hydroxylamine groups is 2. The van der Waals surface area contributed by atoms with Gasteiger partial charge in [-0.3, -0.25) is 43.3 Å². The van der Waals surface area contributed by atoms with Crippen LogP contribution < -0.4 is 26.6 Å². The number of nitrogens with zero attached hydrogens (tertiary/aromatic N) is 2. The molecule has 17 atom stereocenters. The Bertz CT molecular complexity index is 2270. The molecule has 546 valence electrons. The zero-order chi connectivity index (χ0) is 70.0. The second kappa shape index (κ2) is 44.6. The van der Waals surface area contributed by atoms with Gasteiger partial charge in [0.15, 0.2) is 18.9 Å². The molecule has 4 aliphatic heterocycles. The van der Waals surface area contributed by atoms with Crippen LogP contribution in [0, 0.1) is 0 Å². The Morgan fingerprint density at radius 3 is 1.25 bits per heavy atom. The Kier molecular flexibility index (Phi) is 38.5. The van der Waals surface area contributed by atoms with E-state index in [1.165, 1.54) is 4.90 Å². The molecule has 4 fully saturated rings. The first kappa shape index (κ1) is 82.1. The highest BCUT2D eigenvalue weighted by Crippen LogP contribution is 2.25. The van der Waals surface area contributed by atoms with E-state index in [0.29, 0.717) is 17.9 Å². The molecule has 0 aromatic carbocycles. The number of nitrogens with one attached hydrogen (secondary N) is 5. The first-order valence-corrected chi connectivity index (χ1v) is 32.6. The van der Waals surface area contributed by atoms with Crippen LogP contribution in [0.1, 0.15) is 135 Å². The highest BCUT2D eigenvalue weighted by atomic mass is 16.7. The molecular weight excluding hydrogens is 1270 g/mol. The summed E-state index contributed by atoms with van der Waals surface area (Å²) in [5.74, 6) is -6.90. The molecule has 7 amide bonds. The highest BCUT2D eigenvalue weighted by molar-refractivity contribution is 6.01. The minimum Gasteiger partial charge on any atom is -0.481 e. The van der Waals surface area contributed by atoms with E-state index in [1.807, 2.05) is 0 Å². The molecule has 0 aliphatic carbocycles. The second-order valence-electron chi connectivity index (χ2n) is 23.7. The summed E-state index contributed by atoms with van der Waals surface area (Å²) in [6.45, 7) is -5.88. The van der Waals surface area contributed by atoms with Gasteiger partial charge in [0.25, 0.3) is 11.8 Å². The van der Waals surface area contributed by atoms with Gasteiger partial charge in [-0.05, 0) is 38.5 Å². The lowest BCUT2D eigenvalue weighted by Gasteiger charge is -2.39. The van der Waals surface area contributed by atoms with Gasteiger partial charge in [-0.15, -0.1) is 5.06 Å². The number of aliphatic carboxylic acids is 1. The van der Waals surface area contributed by atoms with Crippen LogP contribution in [-0.4, -0.2) is 313 Å². The van der Waals surface area contributed by atoms with Crippen molar-refractivity contribution in [2.75, 3.05) is 78.9 Å². The summed E-state index contributed by atoms with van der Waals surface area (Å²) in [4.78, 5) is 123. The van der Waals surface area contributed by atoms with E-state index in [0.717, 1.165) is 64.2 Å². The lowest BCUT2D eigenvalue weighted by atomic mass is 9.99. The number of rotatable bonds is 47. The zero-order valence-electron chi connectivity index (χ0n) is 53.4. The molecule has 0 saturated carbocycles. The van der Waals surface area contributed by atoms with Crippen molar-refractivity contribution >= 4 is 53.3 Å². The second-order valence-corrected chi connectivity index (χ2v) is 23.7. The van der Waals surface area contributed by atoms with Crippen molar-refractivity contribution in [1.82, 2.24) is 36.5 Å². The minimum atomic E-state index is -1.79. The number of carboxylic acid groups (broad SMARTS) is 1. The minimum absolute atomic E-state index is 0.0502. The molecule has 0 aromatic rings. The molecule has 18 N–H and O–H groups in total. The van der Waals surface area contributed by atoms with E-state index in [-0.39, 0.29) is 90.8 Å². The SMILES string of the molecule is O=C(O)CCCCCCCCCCCCCCC(=O)N[C@@H](CCC(=O)ON1C(=O)CCC1=O)C(=O)NCCCC[C@@H](C(=O)NCCO[C@H]1O[C@H](CO)[C@@H](O)[C@H](O)[C@@H]1O)N(CC(=O)NCCO[C@H]1O[C@H](CO)[C@@H](O)[C@H](O)[C@@H]1O)CC(=O)NCCO[C@H]1O[C@H](CO)[C@@H](O)[C@H](O)[C@@H]1O. The van der Waals surface area contributed by atoms with Gasteiger partial charge in [-0.1, -0.05) is 64.2 Å². The maximum Gasteiger partial charge on any atom is 0.333 e. The molecule has 0 radical (unpaired) electrons. The Morgan fingerprint density at radius 1 is 0.453 bits per heavy atom. The number of hydrogen-bond acceptors (Lipinski definition) is 29. The molecule has 4 saturated heterocycles. The van der Waals surface area contributed by atoms with Gasteiger partial charge >= 0.3 is 11.9 Å². The quantitative estimate of drug-likeness (QED) is 0.0199. The van der Waals surface area contributed by atoms with E-state index in [4.69, 9.17) is 38.4 Å². The summed E-state index contributed by atoms with van der Waals surface area (Å²) in [5, 5.41) is 143. The Balaban J connectivity index is 1.45. The number of carbonyl (C=O) groups excluding carboxylic acids is 8. The molecule has 36 nitrogen and oxygen atoms in total. The van der Waals surface area contributed by atoms with Crippen LogP contribution in [0.15, 0.2) is 0 Å². The smallest absolute Gasteiger partial charge is 0.333 e. The average molecular weight is 1370 g/mol. The number of carbonyl (C=O) groups is 9. The number of carboxylic acids is 1. The van der Waals surface area contributed by atoms with Crippen LogP contribution >= 0.6 is 0 Å². The summed E-state index contributed by atoms with van der Waals surface area (Å²) < 4.78 is 32.5. The van der Waals surface area contributed by atoms with E-state index in [2.05, 4.69) is 26.6 Å². The Hall–Kier alpha value is -5.33. The van der Waals surface area contributed by atoms with Gasteiger partial charge in [-0.2, -0.15) is 0 Å². The summed E-state index contributed by atoms with van der Waals surface area (Å²) in [6.07, 6.45) is -14.3. The summed E-state index contributed by atoms with van der Waals surface area (Å²) in [7, 11) is 0. The fraction of sp³-hybridized carbons (Fsp3) is 0.847.